The van der Waals surface area contributed by atoms with Crippen molar-refractivity contribution < 1.29 is 18.7 Å². The molecule has 0 saturated carbocycles. The van der Waals surface area contributed by atoms with Crippen molar-refractivity contribution in [1.82, 2.24) is 10.9 Å². The van der Waals surface area contributed by atoms with Crippen molar-refractivity contribution in [2.75, 3.05) is 0 Å². The lowest BCUT2D eigenvalue weighted by Gasteiger charge is -2.15. The van der Waals surface area contributed by atoms with Crippen LogP contribution in [0.3, 0.4) is 0 Å². The van der Waals surface area contributed by atoms with Gasteiger partial charge in [-0.25, -0.2) is 4.39 Å². The summed E-state index contributed by atoms with van der Waals surface area (Å²) in [6, 6.07) is 10.5. The Morgan fingerprint density at radius 2 is 1.84 bits per heavy atom. The van der Waals surface area contributed by atoms with E-state index in [2.05, 4.69) is 10.9 Å². The largest absolute Gasteiger partial charge is 0.478 e. The molecular formula is C17H15Cl2FN2O3. The molecule has 0 aliphatic rings. The zero-order valence-electron chi connectivity index (χ0n) is 13.2. The molecule has 0 fully saturated rings. The average molecular weight is 385 g/mol. The van der Waals surface area contributed by atoms with Crippen molar-refractivity contribution in [3.8, 4) is 5.75 Å². The molecule has 0 bridgehead atoms. The van der Waals surface area contributed by atoms with Gasteiger partial charge in [0.15, 0.2) is 17.7 Å². The number of rotatable bonds is 5. The fraction of sp³-hybridized carbons (Fsp3) is 0.176. The third-order valence-electron chi connectivity index (χ3n) is 3.18. The SMILES string of the molecule is CC(Oc1ccccc1F)C(=O)NNC(=O)Cc1ccc(Cl)c(Cl)c1. The number of halogens is 3. The Kier molecular flexibility index (Phi) is 6.61. The summed E-state index contributed by atoms with van der Waals surface area (Å²) < 4.78 is 18.7. The average Bonchev–Trinajstić information content (AvgIpc) is 2.58. The van der Waals surface area contributed by atoms with Gasteiger partial charge in [-0.2, -0.15) is 0 Å². The van der Waals surface area contributed by atoms with E-state index in [1.165, 1.54) is 25.1 Å². The van der Waals surface area contributed by atoms with E-state index < -0.39 is 23.7 Å². The number of nitrogens with one attached hydrogen (secondary N) is 2. The van der Waals surface area contributed by atoms with Crippen LogP contribution >= 0.6 is 23.2 Å². The first kappa shape index (κ1) is 19.0. The van der Waals surface area contributed by atoms with Crippen LogP contribution in [0.25, 0.3) is 0 Å². The van der Waals surface area contributed by atoms with Crippen LogP contribution in [0.5, 0.6) is 5.75 Å². The lowest BCUT2D eigenvalue weighted by atomic mass is 10.1. The van der Waals surface area contributed by atoms with Gasteiger partial charge in [-0.3, -0.25) is 20.4 Å². The van der Waals surface area contributed by atoms with Crippen LogP contribution in [-0.4, -0.2) is 17.9 Å². The van der Waals surface area contributed by atoms with E-state index >= 15 is 0 Å². The molecule has 2 amide bonds. The molecule has 8 heteroatoms. The number of ether oxygens (including phenoxy) is 1. The quantitative estimate of drug-likeness (QED) is 0.777. The number of carbonyl (C=O) groups is 2. The van der Waals surface area contributed by atoms with E-state index in [1.807, 2.05) is 0 Å². The van der Waals surface area contributed by atoms with Crippen molar-refractivity contribution >= 4 is 35.0 Å². The van der Waals surface area contributed by atoms with E-state index in [-0.39, 0.29) is 12.2 Å². The van der Waals surface area contributed by atoms with Gasteiger partial charge in [0.05, 0.1) is 16.5 Å². The molecule has 0 saturated heterocycles. The highest BCUT2D eigenvalue weighted by atomic mass is 35.5. The Balaban J connectivity index is 1.83. The second-order valence-corrected chi connectivity index (χ2v) is 5.97. The standard InChI is InChI=1S/C17H15Cl2FN2O3/c1-10(25-15-5-3-2-4-14(15)20)17(24)22-21-16(23)9-11-6-7-12(18)13(19)8-11/h2-8,10H,9H2,1H3,(H,21,23)(H,22,24). The number of carbonyl (C=O) groups excluding carboxylic acids is 2. The number of para-hydroxylation sites is 1. The van der Waals surface area contributed by atoms with Gasteiger partial charge in [0.25, 0.3) is 5.91 Å². The van der Waals surface area contributed by atoms with E-state index in [0.29, 0.717) is 15.6 Å². The highest BCUT2D eigenvalue weighted by Gasteiger charge is 2.17. The van der Waals surface area contributed by atoms with Crippen LogP contribution in [-0.2, 0) is 16.0 Å². The van der Waals surface area contributed by atoms with Gasteiger partial charge in [0, 0.05) is 0 Å². The van der Waals surface area contributed by atoms with Crippen molar-refractivity contribution in [3.63, 3.8) is 0 Å². The molecule has 0 aliphatic heterocycles. The molecule has 132 valence electrons. The Bertz CT molecular complexity index is 786. The van der Waals surface area contributed by atoms with E-state index in [0.717, 1.165) is 0 Å². The molecule has 0 aliphatic carbocycles. The summed E-state index contributed by atoms with van der Waals surface area (Å²) in [6.07, 6.45) is -0.998. The Morgan fingerprint density at radius 3 is 2.52 bits per heavy atom. The normalized spacial score (nSPS) is 11.5. The number of hydrazine groups is 1. The van der Waals surface area contributed by atoms with Crippen LogP contribution < -0.4 is 15.6 Å². The number of benzene rings is 2. The summed E-state index contributed by atoms with van der Waals surface area (Å²) in [6.45, 7) is 1.44. The minimum absolute atomic E-state index is 0.000277. The Hall–Kier alpha value is -2.31. The number of amides is 2. The maximum absolute atomic E-state index is 13.5. The zero-order chi connectivity index (χ0) is 18.4. The Labute approximate surface area is 154 Å². The fourth-order valence-corrected chi connectivity index (χ4v) is 2.22. The summed E-state index contributed by atoms with van der Waals surface area (Å²) in [7, 11) is 0. The maximum Gasteiger partial charge on any atom is 0.279 e. The Morgan fingerprint density at radius 1 is 1.12 bits per heavy atom. The highest BCUT2D eigenvalue weighted by Crippen LogP contribution is 2.22. The topological polar surface area (TPSA) is 67.4 Å². The first-order valence-corrected chi connectivity index (χ1v) is 8.06. The summed E-state index contributed by atoms with van der Waals surface area (Å²) in [5.74, 6) is -1.70. The van der Waals surface area contributed by atoms with Crippen LogP contribution in [0, 0.1) is 5.82 Å². The second kappa shape index (κ2) is 8.69. The summed E-state index contributed by atoms with van der Waals surface area (Å²) in [5.41, 5.74) is 5.12. The molecule has 0 heterocycles. The fourth-order valence-electron chi connectivity index (χ4n) is 1.90. The van der Waals surface area contributed by atoms with Crippen LogP contribution in [0.15, 0.2) is 42.5 Å². The lowest BCUT2D eigenvalue weighted by molar-refractivity contribution is -0.132. The maximum atomic E-state index is 13.5. The van der Waals surface area contributed by atoms with Crippen LogP contribution in [0.4, 0.5) is 4.39 Å². The molecule has 25 heavy (non-hydrogen) atoms. The molecule has 0 spiro atoms. The molecular weight excluding hydrogens is 370 g/mol. The highest BCUT2D eigenvalue weighted by molar-refractivity contribution is 6.42. The van der Waals surface area contributed by atoms with Crippen LogP contribution in [0.1, 0.15) is 12.5 Å². The zero-order valence-corrected chi connectivity index (χ0v) is 14.7. The molecule has 1 unspecified atom stereocenters. The van der Waals surface area contributed by atoms with Gasteiger partial charge in [0.1, 0.15) is 0 Å². The minimum atomic E-state index is -0.998. The lowest BCUT2D eigenvalue weighted by Crippen LogP contribution is -2.47. The third-order valence-corrected chi connectivity index (χ3v) is 3.92. The summed E-state index contributed by atoms with van der Waals surface area (Å²) in [4.78, 5) is 23.7. The monoisotopic (exact) mass is 384 g/mol. The second-order valence-electron chi connectivity index (χ2n) is 5.15. The number of hydrogen-bond donors (Lipinski definition) is 2. The first-order valence-electron chi connectivity index (χ1n) is 7.30. The first-order chi connectivity index (χ1) is 11.9. The van der Waals surface area contributed by atoms with E-state index in [1.54, 1.807) is 24.3 Å². The van der Waals surface area contributed by atoms with Gasteiger partial charge in [-0.15, -0.1) is 0 Å². The smallest absolute Gasteiger partial charge is 0.279 e. The van der Waals surface area contributed by atoms with Gasteiger partial charge in [0.2, 0.25) is 5.91 Å². The molecule has 0 aromatic heterocycles. The van der Waals surface area contributed by atoms with Crippen molar-refractivity contribution in [3.05, 3.63) is 63.9 Å². The van der Waals surface area contributed by atoms with Gasteiger partial charge >= 0.3 is 0 Å². The molecule has 2 aromatic carbocycles. The molecule has 5 nitrogen and oxygen atoms in total. The van der Waals surface area contributed by atoms with E-state index in [9.17, 15) is 14.0 Å². The van der Waals surface area contributed by atoms with Gasteiger partial charge in [-0.05, 0) is 36.8 Å². The molecule has 0 radical (unpaired) electrons. The molecule has 1 atom stereocenters. The van der Waals surface area contributed by atoms with Gasteiger partial charge in [-0.1, -0.05) is 41.4 Å². The van der Waals surface area contributed by atoms with E-state index in [4.69, 9.17) is 27.9 Å². The van der Waals surface area contributed by atoms with Crippen molar-refractivity contribution in [2.24, 2.45) is 0 Å². The van der Waals surface area contributed by atoms with Gasteiger partial charge < -0.3 is 4.74 Å². The predicted octanol–water partition coefficient (Wildman–Crippen LogP) is 3.29. The minimum Gasteiger partial charge on any atom is -0.478 e. The molecule has 2 N–H and O–H groups in total. The summed E-state index contributed by atoms with van der Waals surface area (Å²) in [5, 5.41) is 0.723. The number of hydrogen-bond acceptors (Lipinski definition) is 3. The molecule has 2 aromatic rings. The predicted molar refractivity (Wildman–Crippen MR) is 92.9 cm³/mol. The summed E-state index contributed by atoms with van der Waals surface area (Å²) >= 11 is 11.7. The van der Waals surface area contributed by atoms with Crippen molar-refractivity contribution in [1.29, 1.82) is 0 Å². The van der Waals surface area contributed by atoms with Crippen molar-refractivity contribution in [2.45, 2.75) is 19.4 Å². The van der Waals surface area contributed by atoms with Crippen LogP contribution in [0.2, 0.25) is 10.0 Å². The molecule has 2 rings (SSSR count). The third kappa shape index (κ3) is 5.62.